The molecule has 2 rings (SSSR count). The number of hydrogen-bond donors (Lipinski definition) is 2. The highest BCUT2D eigenvalue weighted by Crippen LogP contribution is 2.40. The van der Waals surface area contributed by atoms with Crippen molar-refractivity contribution in [2.75, 3.05) is 17.2 Å². The standard InChI is InChI=1S/C13H21N5O2/c1-3-8-14-11-10(18(19)20)12(16-9-15-11)17-13(4-2)6-5-7-13/h9H,3-8H2,1-2H3,(H2,14,15,16,17). The molecule has 1 aromatic heterocycles. The fourth-order valence-corrected chi connectivity index (χ4v) is 2.44. The molecule has 1 heterocycles. The Balaban J connectivity index is 2.29. The molecule has 0 bridgehead atoms. The van der Waals surface area contributed by atoms with Crippen LogP contribution in [0.1, 0.15) is 46.0 Å². The Morgan fingerprint density at radius 2 is 2.05 bits per heavy atom. The number of nitrogens with zero attached hydrogens (tertiary/aromatic N) is 3. The summed E-state index contributed by atoms with van der Waals surface area (Å²) in [6.07, 6.45) is 6.40. The lowest BCUT2D eigenvalue weighted by molar-refractivity contribution is -0.383. The molecule has 0 spiro atoms. The Bertz CT molecular complexity index is 482. The van der Waals surface area contributed by atoms with Crippen LogP contribution in [0, 0.1) is 10.1 Å². The molecule has 2 N–H and O–H groups in total. The van der Waals surface area contributed by atoms with Crippen LogP contribution in [0.2, 0.25) is 0 Å². The minimum Gasteiger partial charge on any atom is -0.364 e. The zero-order chi connectivity index (χ0) is 14.6. The number of nitrogens with one attached hydrogen (secondary N) is 2. The lowest BCUT2D eigenvalue weighted by Crippen LogP contribution is -2.44. The molecular weight excluding hydrogens is 258 g/mol. The van der Waals surface area contributed by atoms with Crippen LogP contribution in [0.5, 0.6) is 0 Å². The van der Waals surface area contributed by atoms with Gasteiger partial charge in [-0.1, -0.05) is 13.8 Å². The molecule has 0 unspecified atom stereocenters. The SMILES string of the molecule is CCCNc1ncnc(NC2(CC)CCC2)c1[N+](=O)[O-]. The predicted octanol–water partition coefficient (Wildman–Crippen LogP) is 2.95. The first kappa shape index (κ1) is 14.5. The molecule has 1 aliphatic rings. The highest BCUT2D eigenvalue weighted by molar-refractivity contribution is 5.70. The molecule has 110 valence electrons. The lowest BCUT2D eigenvalue weighted by atomic mass is 9.75. The number of aromatic nitrogens is 2. The van der Waals surface area contributed by atoms with E-state index >= 15 is 0 Å². The van der Waals surface area contributed by atoms with Crippen molar-refractivity contribution in [3.8, 4) is 0 Å². The molecule has 1 aliphatic carbocycles. The second-order valence-electron chi connectivity index (χ2n) is 5.22. The average molecular weight is 279 g/mol. The maximum absolute atomic E-state index is 11.3. The van der Waals surface area contributed by atoms with Crippen LogP contribution < -0.4 is 10.6 Å². The summed E-state index contributed by atoms with van der Waals surface area (Å²) in [5, 5.41) is 17.6. The molecule has 0 aromatic carbocycles. The van der Waals surface area contributed by atoms with Crippen LogP contribution in [-0.4, -0.2) is 27.0 Å². The highest BCUT2D eigenvalue weighted by Gasteiger charge is 2.37. The summed E-state index contributed by atoms with van der Waals surface area (Å²) in [6.45, 7) is 4.74. The van der Waals surface area contributed by atoms with Gasteiger partial charge < -0.3 is 10.6 Å². The van der Waals surface area contributed by atoms with Gasteiger partial charge in [0.15, 0.2) is 0 Å². The summed E-state index contributed by atoms with van der Waals surface area (Å²) in [4.78, 5) is 19.0. The maximum Gasteiger partial charge on any atom is 0.353 e. The molecule has 1 saturated carbocycles. The van der Waals surface area contributed by atoms with Crippen molar-refractivity contribution in [3.05, 3.63) is 16.4 Å². The number of nitro groups is 1. The molecule has 7 nitrogen and oxygen atoms in total. The van der Waals surface area contributed by atoms with Gasteiger partial charge in [-0.05, 0) is 32.1 Å². The Kier molecular flexibility index (Phi) is 4.36. The summed E-state index contributed by atoms with van der Waals surface area (Å²) >= 11 is 0. The first-order chi connectivity index (χ1) is 9.62. The van der Waals surface area contributed by atoms with Crippen LogP contribution >= 0.6 is 0 Å². The molecule has 0 atom stereocenters. The molecule has 7 heteroatoms. The molecule has 0 saturated heterocycles. The van der Waals surface area contributed by atoms with Gasteiger partial charge in [0, 0.05) is 12.1 Å². The van der Waals surface area contributed by atoms with Crippen molar-refractivity contribution < 1.29 is 4.92 Å². The number of rotatable bonds is 7. The zero-order valence-corrected chi connectivity index (χ0v) is 12.0. The molecule has 0 aliphatic heterocycles. The first-order valence-corrected chi connectivity index (χ1v) is 7.13. The van der Waals surface area contributed by atoms with Crippen molar-refractivity contribution >= 4 is 17.3 Å². The molecule has 0 amide bonds. The second-order valence-corrected chi connectivity index (χ2v) is 5.22. The summed E-state index contributed by atoms with van der Waals surface area (Å²) in [6, 6.07) is 0. The van der Waals surface area contributed by atoms with Gasteiger partial charge in [0.25, 0.3) is 0 Å². The third kappa shape index (κ3) is 2.81. The topological polar surface area (TPSA) is 93.0 Å². The summed E-state index contributed by atoms with van der Waals surface area (Å²) < 4.78 is 0. The monoisotopic (exact) mass is 279 g/mol. The third-order valence-electron chi connectivity index (χ3n) is 3.92. The Hall–Kier alpha value is -1.92. The van der Waals surface area contributed by atoms with E-state index in [1.165, 1.54) is 6.33 Å². The van der Waals surface area contributed by atoms with Gasteiger partial charge in [0.1, 0.15) is 6.33 Å². The third-order valence-corrected chi connectivity index (χ3v) is 3.92. The van der Waals surface area contributed by atoms with Gasteiger partial charge in [-0.2, -0.15) is 0 Å². The van der Waals surface area contributed by atoms with E-state index in [0.29, 0.717) is 18.2 Å². The lowest BCUT2D eigenvalue weighted by Gasteiger charge is -2.42. The van der Waals surface area contributed by atoms with Crippen LogP contribution in [0.25, 0.3) is 0 Å². The Morgan fingerprint density at radius 3 is 2.55 bits per heavy atom. The zero-order valence-electron chi connectivity index (χ0n) is 12.0. The fourth-order valence-electron chi connectivity index (χ4n) is 2.44. The Labute approximate surface area is 118 Å². The van der Waals surface area contributed by atoms with Gasteiger partial charge in [0.2, 0.25) is 11.6 Å². The van der Waals surface area contributed by atoms with Crippen molar-refractivity contribution in [1.82, 2.24) is 9.97 Å². The van der Waals surface area contributed by atoms with Crippen LogP contribution in [0.3, 0.4) is 0 Å². The van der Waals surface area contributed by atoms with E-state index < -0.39 is 4.92 Å². The van der Waals surface area contributed by atoms with E-state index in [9.17, 15) is 10.1 Å². The highest BCUT2D eigenvalue weighted by atomic mass is 16.6. The maximum atomic E-state index is 11.3. The largest absolute Gasteiger partial charge is 0.364 e. The van der Waals surface area contributed by atoms with Gasteiger partial charge in [-0.25, -0.2) is 9.97 Å². The van der Waals surface area contributed by atoms with Crippen molar-refractivity contribution in [3.63, 3.8) is 0 Å². The molecule has 1 aromatic rings. The number of anilines is 2. The van der Waals surface area contributed by atoms with Gasteiger partial charge in [0.05, 0.1) is 4.92 Å². The molecular formula is C13H21N5O2. The van der Waals surface area contributed by atoms with E-state index in [-0.39, 0.29) is 11.2 Å². The normalized spacial score (nSPS) is 16.3. The van der Waals surface area contributed by atoms with Crippen LogP contribution in [0.15, 0.2) is 6.33 Å². The van der Waals surface area contributed by atoms with E-state index in [1.807, 2.05) is 6.92 Å². The van der Waals surface area contributed by atoms with E-state index in [2.05, 4.69) is 27.5 Å². The molecule has 20 heavy (non-hydrogen) atoms. The Morgan fingerprint density at radius 1 is 1.35 bits per heavy atom. The fraction of sp³-hybridized carbons (Fsp3) is 0.692. The average Bonchev–Trinajstić information content (AvgIpc) is 2.40. The minimum atomic E-state index is -0.414. The van der Waals surface area contributed by atoms with E-state index in [1.54, 1.807) is 0 Å². The van der Waals surface area contributed by atoms with E-state index in [4.69, 9.17) is 0 Å². The van der Waals surface area contributed by atoms with Crippen molar-refractivity contribution in [2.24, 2.45) is 0 Å². The van der Waals surface area contributed by atoms with E-state index in [0.717, 1.165) is 32.1 Å². The van der Waals surface area contributed by atoms with Crippen molar-refractivity contribution in [1.29, 1.82) is 0 Å². The molecule has 0 radical (unpaired) electrons. The van der Waals surface area contributed by atoms with Gasteiger partial charge in [-0.15, -0.1) is 0 Å². The van der Waals surface area contributed by atoms with Crippen molar-refractivity contribution in [2.45, 2.75) is 51.5 Å². The quantitative estimate of drug-likeness (QED) is 0.588. The predicted molar refractivity (Wildman–Crippen MR) is 78.0 cm³/mol. The first-order valence-electron chi connectivity index (χ1n) is 7.13. The number of hydrogen-bond acceptors (Lipinski definition) is 6. The smallest absolute Gasteiger partial charge is 0.353 e. The summed E-state index contributed by atoms with van der Waals surface area (Å²) in [7, 11) is 0. The second kappa shape index (κ2) is 6.02. The van der Waals surface area contributed by atoms with Crippen LogP contribution in [0.4, 0.5) is 17.3 Å². The molecule has 1 fully saturated rings. The summed E-state index contributed by atoms with van der Waals surface area (Å²) in [5.41, 5.74) is -0.0955. The summed E-state index contributed by atoms with van der Waals surface area (Å²) in [5.74, 6) is 0.616. The van der Waals surface area contributed by atoms with Gasteiger partial charge in [-0.3, -0.25) is 10.1 Å². The minimum absolute atomic E-state index is 0.0405. The van der Waals surface area contributed by atoms with Crippen LogP contribution in [-0.2, 0) is 0 Å². The van der Waals surface area contributed by atoms with Gasteiger partial charge >= 0.3 is 5.69 Å².